The molecule has 2 amide bonds. The summed E-state index contributed by atoms with van der Waals surface area (Å²) in [5.41, 5.74) is 4.94. The summed E-state index contributed by atoms with van der Waals surface area (Å²) in [6.07, 6.45) is 0.940. The Labute approximate surface area is 105 Å². The van der Waals surface area contributed by atoms with Crippen LogP contribution in [0.2, 0.25) is 0 Å². The highest BCUT2D eigenvalue weighted by Crippen LogP contribution is 2.16. The topological polar surface area (TPSA) is 122 Å². The molecule has 0 saturated carbocycles. The molecule has 1 aliphatic rings. The number of nitrogens with two attached hydrogens (primary N) is 1. The van der Waals surface area contributed by atoms with Crippen molar-refractivity contribution in [2.75, 3.05) is 6.54 Å². The van der Waals surface area contributed by atoms with Crippen LogP contribution in [0, 0.1) is 5.92 Å². The first-order valence-electron chi connectivity index (χ1n) is 5.95. The van der Waals surface area contributed by atoms with Crippen molar-refractivity contribution in [3.8, 4) is 0 Å². The molecule has 0 aromatic heterocycles. The van der Waals surface area contributed by atoms with E-state index >= 15 is 0 Å². The molecular formula is C11H19N3O4. The molecule has 1 rings (SSSR count). The number of carboxylic acids is 1. The van der Waals surface area contributed by atoms with Gasteiger partial charge in [0.05, 0.1) is 6.42 Å². The third-order valence-corrected chi connectivity index (χ3v) is 3.01. The number of carboxylic acid groups (broad SMARTS) is 1. The van der Waals surface area contributed by atoms with Gasteiger partial charge in [-0.25, -0.2) is 4.79 Å². The number of hydrogen-bond donors (Lipinski definition) is 4. The molecule has 0 radical (unpaired) electrons. The summed E-state index contributed by atoms with van der Waals surface area (Å²) in [5.74, 6) is -2.53. The second-order valence-corrected chi connectivity index (χ2v) is 4.65. The average molecular weight is 257 g/mol. The molecule has 1 heterocycles. The standard InChI is InChI=1S/C11H19N3O4/c1-6-4-7(2-3-13-6)10(16)14-8(11(17)18)5-9(12)15/h6-8,13H,2-5H2,1H3,(H2,12,15)(H,14,16)(H,17,18)/t6?,7?,8-/m1/s1. The SMILES string of the molecule is CC1CC(C(=O)N[C@H](CC(N)=O)C(=O)O)CCN1. The molecule has 0 aliphatic carbocycles. The highest BCUT2D eigenvalue weighted by molar-refractivity contribution is 5.88. The van der Waals surface area contributed by atoms with E-state index in [0.29, 0.717) is 12.8 Å². The first-order chi connectivity index (χ1) is 8.40. The summed E-state index contributed by atoms with van der Waals surface area (Å²) in [6, 6.07) is -1.01. The lowest BCUT2D eigenvalue weighted by Crippen LogP contribution is -2.48. The fourth-order valence-corrected chi connectivity index (χ4v) is 2.06. The Kier molecular flexibility index (Phi) is 5.08. The van der Waals surface area contributed by atoms with Crippen molar-refractivity contribution in [3.05, 3.63) is 0 Å². The van der Waals surface area contributed by atoms with Gasteiger partial charge in [0.1, 0.15) is 6.04 Å². The summed E-state index contributed by atoms with van der Waals surface area (Å²) < 4.78 is 0. The average Bonchev–Trinajstić information content (AvgIpc) is 2.27. The first-order valence-corrected chi connectivity index (χ1v) is 5.95. The zero-order valence-electron chi connectivity index (χ0n) is 10.3. The number of hydrogen-bond acceptors (Lipinski definition) is 4. The van der Waals surface area contributed by atoms with Gasteiger partial charge in [-0.3, -0.25) is 9.59 Å². The minimum atomic E-state index is -1.25. The fourth-order valence-electron chi connectivity index (χ4n) is 2.06. The summed E-state index contributed by atoms with van der Waals surface area (Å²) >= 11 is 0. The number of nitrogens with one attached hydrogen (secondary N) is 2. The summed E-state index contributed by atoms with van der Waals surface area (Å²) in [6.45, 7) is 2.70. The van der Waals surface area contributed by atoms with Gasteiger partial charge in [0.25, 0.3) is 0 Å². The zero-order valence-corrected chi connectivity index (χ0v) is 10.3. The van der Waals surface area contributed by atoms with Gasteiger partial charge < -0.3 is 21.5 Å². The van der Waals surface area contributed by atoms with E-state index < -0.39 is 17.9 Å². The van der Waals surface area contributed by atoms with Gasteiger partial charge in [-0.15, -0.1) is 0 Å². The zero-order chi connectivity index (χ0) is 13.7. The molecule has 1 fully saturated rings. The molecule has 0 spiro atoms. The van der Waals surface area contributed by atoms with Gasteiger partial charge in [0, 0.05) is 12.0 Å². The second kappa shape index (κ2) is 6.34. The summed E-state index contributed by atoms with van der Waals surface area (Å²) in [4.78, 5) is 33.5. The van der Waals surface area contributed by atoms with Gasteiger partial charge >= 0.3 is 5.97 Å². The van der Waals surface area contributed by atoms with Crippen LogP contribution < -0.4 is 16.4 Å². The van der Waals surface area contributed by atoms with Crippen LogP contribution in [0.3, 0.4) is 0 Å². The quantitative estimate of drug-likeness (QED) is 0.494. The van der Waals surface area contributed by atoms with Crippen molar-refractivity contribution < 1.29 is 19.5 Å². The van der Waals surface area contributed by atoms with E-state index in [1.54, 1.807) is 0 Å². The van der Waals surface area contributed by atoms with Crippen LogP contribution >= 0.6 is 0 Å². The largest absolute Gasteiger partial charge is 0.480 e. The fraction of sp³-hybridized carbons (Fsp3) is 0.727. The minimum absolute atomic E-state index is 0.212. The molecular weight excluding hydrogens is 238 g/mol. The van der Waals surface area contributed by atoms with Crippen molar-refractivity contribution in [2.45, 2.75) is 38.3 Å². The predicted octanol–water partition coefficient (Wildman–Crippen LogP) is -1.18. The van der Waals surface area contributed by atoms with Crippen LogP contribution in [-0.4, -0.2) is 41.5 Å². The Balaban J connectivity index is 2.54. The number of carbonyl (C=O) groups excluding carboxylic acids is 2. The Hall–Kier alpha value is -1.63. The van der Waals surface area contributed by atoms with Crippen LogP contribution in [0.15, 0.2) is 0 Å². The van der Waals surface area contributed by atoms with E-state index in [-0.39, 0.29) is 24.3 Å². The maximum atomic E-state index is 11.9. The van der Waals surface area contributed by atoms with Gasteiger partial charge in [-0.1, -0.05) is 0 Å². The second-order valence-electron chi connectivity index (χ2n) is 4.65. The van der Waals surface area contributed by atoms with Crippen molar-refractivity contribution in [1.29, 1.82) is 0 Å². The van der Waals surface area contributed by atoms with Gasteiger partial charge in [0.15, 0.2) is 0 Å². The minimum Gasteiger partial charge on any atom is -0.480 e. The molecule has 5 N–H and O–H groups in total. The third-order valence-electron chi connectivity index (χ3n) is 3.01. The van der Waals surface area contributed by atoms with E-state index in [2.05, 4.69) is 10.6 Å². The lowest BCUT2D eigenvalue weighted by molar-refractivity contribution is -0.144. The molecule has 102 valence electrons. The van der Waals surface area contributed by atoms with E-state index in [0.717, 1.165) is 6.54 Å². The van der Waals surface area contributed by atoms with Crippen LogP contribution in [-0.2, 0) is 14.4 Å². The molecule has 0 aromatic carbocycles. The molecule has 1 saturated heterocycles. The molecule has 7 heteroatoms. The van der Waals surface area contributed by atoms with Crippen molar-refractivity contribution in [2.24, 2.45) is 11.7 Å². The maximum absolute atomic E-state index is 11.9. The van der Waals surface area contributed by atoms with Crippen LogP contribution in [0.5, 0.6) is 0 Å². The van der Waals surface area contributed by atoms with E-state index in [1.807, 2.05) is 6.92 Å². The normalized spacial score (nSPS) is 25.2. The van der Waals surface area contributed by atoms with Gasteiger partial charge in [-0.2, -0.15) is 0 Å². The molecule has 2 unspecified atom stereocenters. The number of aliphatic carboxylic acids is 1. The van der Waals surface area contributed by atoms with Gasteiger partial charge in [0.2, 0.25) is 11.8 Å². The molecule has 18 heavy (non-hydrogen) atoms. The monoisotopic (exact) mass is 257 g/mol. The highest BCUT2D eigenvalue weighted by atomic mass is 16.4. The number of primary amides is 1. The molecule has 7 nitrogen and oxygen atoms in total. The Morgan fingerprint density at radius 1 is 1.50 bits per heavy atom. The number of carbonyl (C=O) groups is 3. The van der Waals surface area contributed by atoms with Crippen molar-refractivity contribution >= 4 is 17.8 Å². The lowest BCUT2D eigenvalue weighted by atomic mass is 9.92. The number of rotatable bonds is 5. The molecule has 1 aliphatic heterocycles. The maximum Gasteiger partial charge on any atom is 0.326 e. The van der Waals surface area contributed by atoms with Crippen LogP contribution in [0.25, 0.3) is 0 Å². The van der Waals surface area contributed by atoms with Crippen molar-refractivity contribution in [3.63, 3.8) is 0 Å². The van der Waals surface area contributed by atoms with E-state index in [1.165, 1.54) is 0 Å². The molecule has 3 atom stereocenters. The number of piperidine rings is 1. The Bertz CT molecular complexity index is 345. The van der Waals surface area contributed by atoms with Crippen molar-refractivity contribution in [1.82, 2.24) is 10.6 Å². The molecule has 0 aromatic rings. The molecule has 0 bridgehead atoms. The van der Waals surface area contributed by atoms with Crippen LogP contribution in [0.1, 0.15) is 26.2 Å². The lowest BCUT2D eigenvalue weighted by Gasteiger charge is -2.28. The highest BCUT2D eigenvalue weighted by Gasteiger charge is 2.29. The predicted molar refractivity (Wildman–Crippen MR) is 63.6 cm³/mol. The third kappa shape index (κ3) is 4.33. The Morgan fingerprint density at radius 2 is 2.17 bits per heavy atom. The van der Waals surface area contributed by atoms with Crippen LogP contribution in [0.4, 0.5) is 0 Å². The number of amides is 2. The first kappa shape index (κ1) is 14.4. The smallest absolute Gasteiger partial charge is 0.326 e. The van der Waals surface area contributed by atoms with E-state index in [9.17, 15) is 14.4 Å². The Morgan fingerprint density at radius 3 is 2.67 bits per heavy atom. The summed E-state index contributed by atoms with van der Waals surface area (Å²) in [5, 5.41) is 14.5. The van der Waals surface area contributed by atoms with E-state index in [4.69, 9.17) is 10.8 Å². The summed E-state index contributed by atoms with van der Waals surface area (Å²) in [7, 11) is 0. The van der Waals surface area contributed by atoms with Gasteiger partial charge in [-0.05, 0) is 26.3 Å².